The molecular formula is C4H10ClNO. The monoisotopic (exact) mass is 123 g/mol. The van der Waals surface area contributed by atoms with E-state index in [1.54, 1.807) is 13.8 Å². The molecule has 0 bridgehead atoms. The molecule has 0 heterocycles. The van der Waals surface area contributed by atoms with Gasteiger partial charge in [-0.2, -0.15) is 0 Å². The molecule has 1 unspecified atom stereocenters. The Bertz CT molecular complexity index is 57.2. The van der Waals surface area contributed by atoms with Crippen LogP contribution < -0.4 is 5.73 Å². The number of aliphatic hydroxyl groups excluding tert-OH is 1. The van der Waals surface area contributed by atoms with Gasteiger partial charge in [0, 0.05) is 0 Å². The number of alkyl halides is 1. The molecule has 0 aromatic carbocycles. The lowest BCUT2D eigenvalue weighted by Crippen LogP contribution is -2.37. The SMILES string of the molecule is CC(C)(Cl)C(N)O. The summed E-state index contributed by atoms with van der Waals surface area (Å²) in [7, 11) is 0. The first kappa shape index (κ1) is 7.21. The van der Waals surface area contributed by atoms with Crippen LogP contribution in [0.5, 0.6) is 0 Å². The molecule has 3 N–H and O–H groups in total. The minimum Gasteiger partial charge on any atom is -0.377 e. The molecule has 0 aromatic rings. The van der Waals surface area contributed by atoms with Gasteiger partial charge in [0.2, 0.25) is 0 Å². The van der Waals surface area contributed by atoms with Crippen LogP contribution in [0.1, 0.15) is 13.8 Å². The largest absolute Gasteiger partial charge is 0.377 e. The van der Waals surface area contributed by atoms with Gasteiger partial charge in [-0.05, 0) is 13.8 Å². The van der Waals surface area contributed by atoms with E-state index in [-0.39, 0.29) is 0 Å². The third kappa shape index (κ3) is 2.85. The second kappa shape index (κ2) is 1.99. The van der Waals surface area contributed by atoms with E-state index in [0.717, 1.165) is 0 Å². The smallest absolute Gasteiger partial charge is 0.121 e. The minimum atomic E-state index is -0.936. The van der Waals surface area contributed by atoms with Gasteiger partial charge in [-0.15, -0.1) is 11.6 Å². The maximum atomic E-state index is 8.53. The first-order valence-electron chi connectivity index (χ1n) is 2.07. The summed E-state index contributed by atoms with van der Waals surface area (Å²) in [5.41, 5.74) is 4.99. The predicted molar refractivity (Wildman–Crippen MR) is 30.1 cm³/mol. The molecule has 7 heavy (non-hydrogen) atoms. The Kier molecular flexibility index (Phi) is 2.05. The van der Waals surface area contributed by atoms with Gasteiger partial charge in [-0.1, -0.05) is 0 Å². The number of nitrogens with two attached hydrogens (primary N) is 1. The molecule has 3 heteroatoms. The lowest BCUT2D eigenvalue weighted by Gasteiger charge is -2.17. The molecule has 2 nitrogen and oxygen atoms in total. The quantitative estimate of drug-likeness (QED) is 0.389. The van der Waals surface area contributed by atoms with Crippen molar-refractivity contribution in [1.29, 1.82) is 0 Å². The van der Waals surface area contributed by atoms with E-state index < -0.39 is 11.1 Å². The van der Waals surface area contributed by atoms with E-state index in [9.17, 15) is 0 Å². The van der Waals surface area contributed by atoms with Crippen LogP contribution in [-0.4, -0.2) is 16.2 Å². The molecule has 0 radical (unpaired) electrons. The summed E-state index contributed by atoms with van der Waals surface area (Å²) in [6, 6.07) is 0. The topological polar surface area (TPSA) is 46.2 Å². The molecular weight excluding hydrogens is 114 g/mol. The fourth-order valence-corrected chi connectivity index (χ4v) is 0. The lowest BCUT2D eigenvalue weighted by molar-refractivity contribution is 0.146. The Labute approximate surface area is 48.3 Å². The minimum absolute atomic E-state index is 0.694. The van der Waals surface area contributed by atoms with Crippen LogP contribution in [0, 0.1) is 0 Å². The maximum Gasteiger partial charge on any atom is 0.121 e. The van der Waals surface area contributed by atoms with E-state index >= 15 is 0 Å². The maximum absolute atomic E-state index is 8.53. The van der Waals surface area contributed by atoms with Crippen molar-refractivity contribution in [3.8, 4) is 0 Å². The van der Waals surface area contributed by atoms with Crippen LogP contribution in [0.15, 0.2) is 0 Å². The number of aliphatic hydroxyl groups is 1. The highest BCUT2D eigenvalue weighted by atomic mass is 35.5. The third-order valence-corrected chi connectivity index (χ3v) is 0.927. The van der Waals surface area contributed by atoms with Gasteiger partial charge in [0.05, 0.1) is 4.87 Å². The molecule has 0 rings (SSSR count). The van der Waals surface area contributed by atoms with E-state index in [0.29, 0.717) is 0 Å². The second-order valence-corrected chi connectivity index (χ2v) is 2.98. The molecule has 0 amide bonds. The van der Waals surface area contributed by atoms with E-state index in [4.69, 9.17) is 22.4 Å². The van der Waals surface area contributed by atoms with Crippen LogP contribution in [0.4, 0.5) is 0 Å². The fraction of sp³-hybridized carbons (Fsp3) is 1.00. The Balaban J connectivity index is 3.54. The van der Waals surface area contributed by atoms with Crippen molar-refractivity contribution < 1.29 is 5.11 Å². The molecule has 0 spiro atoms. The third-order valence-electron chi connectivity index (χ3n) is 0.703. The lowest BCUT2D eigenvalue weighted by atomic mass is 10.2. The number of halogens is 1. The number of hydrogen-bond acceptors (Lipinski definition) is 2. The summed E-state index contributed by atoms with van der Waals surface area (Å²) in [6.45, 7) is 3.30. The molecule has 0 aliphatic rings. The normalized spacial score (nSPS) is 16.7. The van der Waals surface area contributed by atoms with Gasteiger partial charge in [0.25, 0.3) is 0 Å². The van der Waals surface area contributed by atoms with Crippen LogP contribution in [0.2, 0.25) is 0 Å². The molecule has 44 valence electrons. The van der Waals surface area contributed by atoms with Crippen molar-refractivity contribution >= 4 is 11.6 Å². The Morgan fingerprint density at radius 3 is 1.86 bits per heavy atom. The van der Waals surface area contributed by atoms with Gasteiger partial charge in [-0.25, -0.2) is 0 Å². The highest BCUT2D eigenvalue weighted by Crippen LogP contribution is 2.13. The zero-order valence-corrected chi connectivity index (χ0v) is 5.24. The van der Waals surface area contributed by atoms with Crippen molar-refractivity contribution in [3.05, 3.63) is 0 Å². The summed E-state index contributed by atoms with van der Waals surface area (Å²) in [6.07, 6.45) is -0.936. The van der Waals surface area contributed by atoms with Crippen LogP contribution >= 0.6 is 11.6 Å². The summed E-state index contributed by atoms with van der Waals surface area (Å²) in [5.74, 6) is 0. The first-order chi connectivity index (χ1) is 2.94. The van der Waals surface area contributed by atoms with Gasteiger partial charge >= 0.3 is 0 Å². The van der Waals surface area contributed by atoms with Crippen molar-refractivity contribution in [2.45, 2.75) is 24.9 Å². The molecule has 0 aliphatic carbocycles. The Morgan fingerprint density at radius 2 is 1.86 bits per heavy atom. The van der Waals surface area contributed by atoms with E-state index in [2.05, 4.69) is 0 Å². The van der Waals surface area contributed by atoms with Gasteiger partial charge in [0.1, 0.15) is 6.23 Å². The second-order valence-electron chi connectivity index (χ2n) is 2.01. The molecule has 0 aliphatic heterocycles. The number of rotatable bonds is 1. The molecule has 0 fully saturated rings. The van der Waals surface area contributed by atoms with E-state index in [1.165, 1.54) is 0 Å². The zero-order chi connectivity index (χ0) is 6.08. The highest BCUT2D eigenvalue weighted by Gasteiger charge is 2.19. The Morgan fingerprint density at radius 1 is 1.71 bits per heavy atom. The average Bonchev–Trinajstić information content (AvgIpc) is 1.31. The van der Waals surface area contributed by atoms with Gasteiger partial charge in [-0.3, -0.25) is 0 Å². The van der Waals surface area contributed by atoms with E-state index in [1.807, 2.05) is 0 Å². The zero-order valence-electron chi connectivity index (χ0n) is 4.48. The summed E-state index contributed by atoms with van der Waals surface area (Å²) >= 11 is 5.49. The first-order valence-corrected chi connectivity index (χ1v) is 2.45. The summed E-state index contributed by atoms with van der Waals surface area (Å²) in [5, 5.41) is 8.53. The highest BCUT2D eigenvalue weighted by molar-refractivity contribution is 6.23. The average molecular weight is 124 g/mol. The Hall–Kier alpha value is 0.210. The van der Waals surface area contributed by atoms with Gasteiger partial charge in [0.15, 0.2) is 0 Å². The van der Waals surface area contributed by atoms with Crippen LogP contribution in [0.25, 0.3) is 0 Å². The van der Waals surface area contributed by atoms with Crippen LogP contribution in [-0.2, 0) is 0 Å². The summed E-state index contributed by atoms with van der Waals surface area (Å²) in [4.78, 5) is -0.694. The van der Waals surface area contributed by atoms with Crippen molar-refractivity contribution in [1.82, 2.24) is 0 Å². The standard InChI is InChI=1S/C4H10ClNO/c1-4(2,5)3(6)7/h3,7H,6H2,1-2H3. The summed E-state index contributed by atoms with van der Waals surface area (Å²) < 4.78 is 0. The number of hydrogen-bond donors (Lipinski definition) is 2. The molecule has 0 saturated heterocycles. The van der Waals surface area contributed by atoms with Gasteiger partial charge < -0.3 is 10.8 Å². The molecule has 1 atom stereocenters. The van der Waals surface area contributed by atoms with Crippen molar-refractivity contribution in [3.63, 3.8) is 0 Å². The molecule has 0 saturated carbocycles. The predicted octanol–water partition coefficient (Wildman–Crippen LogP) is 0.281. The van der Waals surface area contributed by atoms with Crippen molar-refractivity contribution in [2.24, 2.45) is 5.73 Å². The van der Waals surface area contributed by atoms with Crippen molar-refractivity contribution in [2.75, 3.05) is 0 Å². The fourth-order valence-electron chi connectivity index (χ4n) is 0. The van der Waals surface area contributed by atoms with Crippen LogP contribution in [0.3, 0.4) is 0 Å². The molecule has 0 aromatic heterocycles.